The van der Waals surface area contributed by atoms with E-state index in [2.05, 4.69) is 40.5 Å². The first-order valence-corrected chi connectivity index (χ1v) is 7.50. The van der Waals surface area contributed by atoms with Crippen LogP contribution in [0.4, 0.5) is 0 Å². The van der Waals surface area contributed by atoms with E-state index in [0.29, 0.717) is 12.1 Å². The normalized spacial score (nSPS) is 29.1. The molecule has 104 valence electrons. The molecule has 0 radical (unpaired) electrons. The van der Waals surface area contributed by atoms with Gasteiger partial charge in [-0.1, -0.05) is 30.3 Å². The van der Waals surface area contributed by atoms with Crippen LogP contribution in [0.5, 0.6) is 0 Å². The standard InChI is InChI=1S/C16H24N2O/c19-16-10-15(11-16)17-14-6-8-18(9-7-14)12-13-4-2-1-3-5-13/h1-5,14-17,19H,6-12H2. The van der Waals surface area contributed by atoms with Gasteiger partial charge in [-0.2, -0.15) is 0 Å². The number of hydrogen-bond acceptors (Lipinski definition) is 3. The van der Waals surface area contributed by atoms with Crippen molar-refractivity contribution in [2.45, 2.75) is 50.4 Å². The summed E-state index contributed by atoms with van der Waals surface area (Å²) in [5.74, 6) is 0. The molecule has 2 aliphatic rings. The van der Waals surface area contributed by atoms with E-state index < -0.39 is 0 Å². The van der Waals surface area contributed by atoms with Crippen molar-refractivity contribution in [3.63, 3.8) is 0 Å². The highest BCUT2D eigenvalue weighted by atomic mass is 16.3. The number of likely N-dealkylation sites (tertiary alicyclic amines) is 1. The number of nitrogens with zero attached hydrogens (tertiary/aromatic N) is 1. The Bertz CT molecular complexity index is 381. The molecule has 0 bridgehead atoms. The molecule has 2 fully saturated rings. The molecule has 1 aromatic carbocycles. The molecule has 1 aliphatic carbocycles. The average molecular weight is 260 g/mol. The molecule has 1 saturated carbocycles. The third kappa shape index (κ3) is 3.56. The van der Waals surface area contributed by atoms with Crippen LogP contribution in [0.25, 0.3) is 0 Å². The van der Waals surface area contributed by atoms with E-state index in [1.54, 1.807) is 0 Å². The number of nitrogens with one attached hydrogen (secondary N) is 1. The summed E-state index contributed by atoms with van der Waals surface area (Å²) in [4.78, 5) is 2.54. The van der Waals surface area contributed by atoms with Gasteiger partial charge >= 0.3 is 0 Å². The number of aliphatic hydroxyl groups excluding tert-OH is 1. The molecule has 1 aliphatic heterocycles. The van der Waals surface area contributed by atoms with Gasteiger partial charge in [-0.05, 0) is 44.3 Å². The number of aliphatic hydroxyl groups is 1. The quantitative estimate of drug-likeness (QED) is 0.866. The van der Waals surface area contributed by atoms with E-state index in [1.165, 1.54) is 31.5 Å². The lowest BCUT2D eigenvalue weighted by Crippen LogP contribution is -2.51. The minimum absolute atomic E-state index is 0.0457. The molecule has 3 nitrogen and oxygen atoms in total. The fourth-order valence-corrected chi connectivity index (χ4v) is 3.16. The third-order valence-electron chi connectivity index (χ3n) is 4.42. The van der Waals surface area contributed by atoms with Crippen LogP contribution in [0, 0.1) is 0 Å². The zero-order valence-corrected chi connectivity index (χ0v) is 11.5. The van der Waals surface area contributed by atoms with Crippen molar-refractivity contribution in [1.82, 2.24) is 10.2 Å². The van der Waals surface area contributed by atoms with Gasteiger partial charge in [0.15, 0.2) is 0 Å². The molecule has 1 aromatic rings. The molecular formula is C16H24N2O. The number of rotatable bonds is 4. The summed E-state index contributed by atoms with van der Waals surface area (Å²) in [6, 6.07) is 12.0. The zero-order valence-electron chi connectivity index (χ0n) is 11.5. The van der Waals surface area contributed by atoms with Crippen LogP contribution in [-0.2, 0) is 6.54 Å². The summed E-state index contributed by atoms with van der Waals surface area (Å²) in [6.07, 6.45) is 4.32. The smallest absolute Gasteiger partial charge is 0.0570 e. The number of piperidine rings is 1. The topological polar surface area (TPSA) is 35.5 Å². The number of benzene rings is 1. The van der Waals surface area contributed by atoms with Gasteiger partial charge in [0, 0.05) is 18.6 Å². The van der Waals surface area contributed by atoms with Crippen molar-refractivity contribution in [3.8, 4) is 0 Å². The van der Waals surface area contributed by atoms with E-state index in [4.69, 9.17) is 0 Å². The second-order valence-corrected chi connectivity index (χ2v) is 6.02. The molecule has 2 N–H and O–H groups in total. The van der Waals surface area contributed by atoms with Crippen molar-refractivity contribution >= 4 is 0 Å². The lowest BCUT2D eigenvalue weighted by atomic mass is 9.88. The highest BCUT2D eigenvalue weighted by molar-refractivity contribution is 5.14. The van der Waals surface area contributed by atoms with Crippen LogP contribution >= 0.6 is 0 Å². The highest BCUT2D eigenvalue weighted by Gasteiger charge is 2.30. The predicted octanol–water partition coefficient (Wildman–Crippen LogP) is 1.76. The maximum atomic E-state index is 9.31. The van der Waals surface area contributed by atoms with Gasteiger partial charge in [0.05, 0.1) is 6.10 Å². The molecular weight excluding hydrogens is 236 g/mol. The molecule has 19 heavy (non-hydrogen) atoms. The van der Waals surface area contributed by atoms with E-state index in [-0.39, 0.29) is 6.10 Å². The van der Waals surface area contributed by atoms with Crippen molar-refractivity contribution in [2.75, 3.05) is 13.1 Å². The second kappa shape index (κ2) is 6.04. The van der Waals surface area contributed by atoms with E-state index in [1.807, 2.05) is 0 Å². The molecule has 0 spiro atoms. The van der Waals surface area contributed by atoms with Crippen molar-refractivity contribution < 1.29 is 5.11 Å². The van der Waals surface area contributed by atoms with E-state index in [9.17, 15) is 5.11 Å². The predicted molar refractivity (Wildman–Crippen MR) is 76.9 cm³/mol. The Labute approximate surface area is 115 Å². The highest BCUT2D eigenvalue weighted by Crippen LogP contribution is 2.22. The van der Waals surface area contributed by atoms with Crippen molar-refractivity contribution in [1.29, 1.82) is 0 Å². The second-order valence-electron chi connectivity index (χ2n) is 6.02. The van der Waals surface area contributed by atoms with Gasteiger partial charge in [0.2, 0.25) is 0 Å². The minimum Gasteiger partial charge on any atom is -0.393 e. The van der Waals surface area contributed by atoms with Gasteiger partial charge in [-0.3, -0.25) is 4.90 Å². The Hall–Kier alpha value is -0.900. The third-order valence-corrected chi connectivity index (χ3v) is 4.42. The van der Waals surface area contributed by atoms with Gasteiger partial charge in [0.25, 0.3) is 0 Å². The summed E-state index contributed by atoms with van der Waals surface area (Å²) in [5.41, 5.74) is 1.41. The monoisotopic (exact) mass is 260 g/mol. The van der Waals surface area contributed by atoms with Crippen molar-refractivity contribution in [2.24, 2.45) is 0 Å². The zero-order chi connectivity index (χ0) is 13.1. The van der Waals surface area contributed by atoms with Gasteiger partial charge in [0.1, 0.15) is 0 Å². The molecule has 0 aromatic heterocycles. The van der Waals surface area contributed by atoms with E-state index >= 15 is 0 Å². The Balaban J connectivity index is 1.40. The molecule has 0 unspecified atom stereocenters. The maximum absolute atomic E-state index is 9.31. The minimum atomic E-state index is -0.0457. The Morgan fingerprint density at radius 2 is 1.74 bits per heavy atom. The molecule has 0 atom stereocenters. The molecule has 0 amide bonds. The largest absolute Gasteiger partial charge is 0.393 e. The summed E-state index contributed by atoms with van der Waals surface area (Å²) in [6.45, 7) is 3.44. The number of hydrogen-bond donors (Lipinski definition) is 2. The van der Waals surface area contributed by atoms with Crippen LogP contribution in [-0.4, -0.2) is 41.3 Å². The van der Waals surface area contributed by atoms with Gasteiger partial charge in [-0.15, -0.1) is 0 Å². The molecule has 3 rings (SSSR count). The summed E-state index contributed by atoms with van der Waals surface area (Å²) < 4.78 is 0. The summed E-state index contributed by atoms with van der Waals surface area (Å²) >= 11 is 0. The van der Waals surface area contributed by atoms with Gasteiger partial charge < -0.3 is 10.4 Å². The van der Waals surface area contributed by atoms with Crippen LogP contribution in [0.3, 0.4) is 0 Å². The Kier molecular flexibility index (Phi) is 4.16. The molecule has 1 heterocycles. The lowest BCUT2D eigenvalue weighted by Gasteiger charge is -2.39. The van der Waals surface area contributed by atoms with Crippen LogP contribution in [0.1, 0.15) is 31.2 Å². The fraction of sp³-hybridized carbons (Fsp3) is 0.625. The van der Waals surface area contributed by atoms with Crippen LogP contribution in [0.15, 0.2) is 30.3 Å². The summed E-state index contributed by atoms with van der Waals surface area (Å²) in [7, 11) is 0. The SMILES string of the molecule is OC1CC(NC2CCN(Cc3ccccc3)CC2)C1. The first-order chi connectivity index (χ1) is 9.29. The average Bonchev–Trinajstić information content (AvgIpc) is 2.40. The van der Waals surface area contributed by atoms with E-state index in [0.717, 1.165) is 19.4 Å². The first-order valence-electron chi connectivity index (χ1n) is 7.50. The van der Waals surface area contributed by atoms with Crippen molar-refractivity contribution in [3.05, 3.63) is 35.9 Å². The Morgan fingerprint density at radius 3 is 2.37 bits per heavy atom. The molecule has 1 saturated heterocycles. The summed E-state index contributed by atoms with van der Waals surface area (Å²) in [5, 5.41) is 13.0. The first kappa shape index (κ1) is 13.1. The van der Waals surface area contributed by atoms with Gasteiger partial charge in [-0.25, -0.2) is 0 Å². The van der Waals surface area contributed by atoms with Crippen LogP contribution in [0.2, 0.25) is 0 Å². The van der Waals surface area contributed by atoms with Crippen LogP contribution < -0.4 is 5.32 Å². The lowest BCUT2D eigenvalue weighted by molar-refractivity contribution is 0.0519. The Morgan fingerprint density at radius 1 is 1.05 bits per heavy atom. The molecule has 3 heteroatoms. The fourth-order valence-electron chi connectivity index (χ4n) is 3.16. The maximum Gasteiger partial charge on any atom is 0.0570 e.